The first-order valence-electron chi connectivity index (χ1n) is 8.18. The van der Waals surface area contributed by atoms with Gasteiger partial charge in [-0.15, -0.1) is 0 Å². The summed E-state index contributed by atoms with van der Waals surface area (Å²) >= 11 is 0. The number of hydrogen-bond acceptors (Lipinski definition) is 4. The molecule has 0 spiro atoms. The molecular weight excluding hydrogens is 304 g/mol. The van der Waals surface area contributed by atoms with Crippen molar-refractivity contribution in [1.29, 1.82) is 0 Å². The van der Waals surface area contributed by atoms with Gasteiger partial charge in [-0.1, -0.05) is 24.6 Å². The van der Waals surface area contributed by atoms with Crippen molar-refractivity contribution in [3.8, 4) is 5.75 Å². The minimum atomic E-state index is -0.879. The summed E-state index contributed by atoms with van der Waals surface area (Å²) in [7, 11) is 1.72. The van der Waals surface area contributed by atoms with E-state index in [0.717, 1.165) is 12.3 Å². The zero-order chi connectivity index (χ0) is 17.2. The number of methoxy groups -OCH3 is 1. The average Bonchev–Trinajstić information content (AvgIpc) is 2.64. The van der Waals surface area contributed by atoms with Crippen LogP contribution in [0.4, 0.5) is 0 Å². The second-order valence-electron chi connectivity index (χ2n) is 5.70. The van der Waals surface area contributed by atoms with Crippen LogP contribution in [0.1, 0.15) is 35.2 Å². The topological polar surface area (TPSA) is 62.7 Å². The summed E-state index contributed by atoms with van der Waals surface area (Å²) in [6.07, 6.45) is 7.71. The van der Waals surface area contributed by atoms with Crippen LogP contribution in [0.5, 0.6) is 5.75 Å². The molecule has 2 heterocycles. The molecule has 1 aliphatic rings. The van der Waals surface area contributed by atoms with E-state index >= 15 is 0 Å². The van der Waals surface area contributed by atoms with E-state index < -0.39 is 5.97 Å². The highest BCUT2D eigenvalue weighted by molar-refractivity contribution is 5.87. The molecular formula is C19H24N2O3. The van der Waals surface area contributed by atoms with E-state index in [1.54, 1.807) is 43.6 Å². The molecule has 24 heavy (non-hydrogen) atoms. The van der Waals surface area contributed by atoms with Crippen LogP contribution in [0.15, 0.2) is 48.8 Å². The highest BCUT2D eigenvalue weighted by Gasteiger charge is 2.12. The van der Waals surface area contributed by atoms with Crippen LogP contribution in [0.2, 0.25) is 0 Å². The molecule has 0 saturated carbocycles. The van der Waals surface area contributed by atoms with Gasteiger partial charge in [0.2, 0.25) is 0 Å². The van der Waals surface area contributed by atoms with Crippen molar-refractivity contribution in [3.63, 3.8) is 0 Å². The summed E-state index contributed by atoms with van der Waals surface area (Å²) in [5, 5.41) is 8.38. The van der Waals surface area contributed by atoms with E-state index in [9.17, 15) is 4.79 Å². The van der Waals surface area contributed by atoms with Gasteiger partial charge in [-0.25, -0.2) is 4.79 Å². The zero-order valence-electron chi connectivity index (χ0n) is 14.0. The van der Waals surface area contributed by atoms with Gasteiger partial charge in [0.1, 0.15) is 5.75 Å². The molecule has 1 aromatic carbocycles. The smallest absolute Gasteiger partial charge is 0.335 e. The number of pyridine rings is 1. The molecule has 0 unspecified atom stereocenters. The van der Waals surface area contributed by atoms with E-state index in [0.29, 0.717) is 5.56 Å². The van der Waals surface area contributed by atoms with Gasteiger partial charge in [0.05, 0.1) is 12.7 Å². The third-order valence-corrected chi connectivity index (χ3v) is 3.94. The first-order chi connectivity index (χ1) is 11.7. The molecule has 2 aromatic rings. The minimum Gasteiger partial charge on any atom is -0.496 e. The van der Waals surface area contributed by atoms with Crippen molar-refractivity contribution in [3.05, 3.63) is 59.9 Å². The summed E-state index contributed by atoms with van der Waals surface area (Å²) in [4.78, 5) is 16.8. The molecule has 128 valence electrons. The number of aromatic carboxylic acids is 1. The predicted molar refractivity (Wildman–Crippen MR) is 93.3 cm³/mol. The highest BCUT2D eigenvalue weighted by atomic mass is 16.5. The Morgan fingerprint density at radius 3 is 2.46 bits per heavy atom. The standard InChI is InChI=1S/C12H18N2O.C7H6O2/c1-15-12-5-6-13-9-11(12)10-14-7-3-2-4-8-14;8-7(9)6-4-2-1-3-5-6/h5-6,9H,2-4,7-8,10H2,1H3;1-5H,(H,8,9). The molecule has 0 aliphatic carbocycles. The van der Waals surface area contributed by atoms with Crippen LogP contribution in [0, 0.1) is 0 Å². The quantitative estimate of drug-likeness (QED) is 0.931. The highest BCUT2D eigenvalue weighted by Crippen LogP contribution is 2.20. The van der Waals surface area contributed by atoms with Gasteiger partial charge in [0.25, 0.3) is 0 Å². The normalized spacial score (nSPS) is 14.4. The molecule has 3 rings (SSSR count). The number of rotatable bonds is 4. The van der Waals surface area contributed by atoms with Gasteiger partial charge in [0, 0.05) is 24.5 Å². The summed E-state index contributed by atoms with van der Waals surface area (Å²) in [5.74, 6) is 0.0752. The van der Waals surface area contributed by atoms with Crippen molar-refractivity contribution in [2.24, 2.45) is 0 Å². The maximum atomic E-state index is 10.2. The summed E-state index contributed by atoms with van der Waals surface area (Å²) in [6, 6.07) is 10.2. The van der Waals surface area contributed by atoms with Gasteiger partial charge >= 0.3 is 5.97 Å². The molecule has 0 bridgehead atoms. The Kier molecular flexibility index (Phi) is 7.23. The van der Waals surface area contributed by atoms with Crippen molar-refractivity contribution in [1.82, 2.24) is 9.88 Å². The van der Waals surface area contributed by atoms with E-state index in [-0.39, 0.29) is 0 Å². The zero-order valence-corrected chi connectivity index (χ0v) is 14.0. The van der Waals surface area contributed by atoms with Gasteiger partial charge in [-0.2, -0.15) is 0 Å². The minimum absolute atomic E-state index is 0.331. The second-order valence-corrected chi connectivity index (χ2v) is 5.70. The molecule has 1 fully saturated rings. The molecule has 0 radical (unpaired) electrons. The number of benzene rings is 1. The fourth-order valence-electron chi connectivity index (χ4n) is 2.67. The van der Waals surface area contributed by atoms with Crippen LogP contribution in [-0.2, 0) is 6.54 Å². The lowest BCUT2D eigenvalue weighted by Crippen LogP contribution is -2.29. The van der Waals surface area contributed by atoms with Crippen LogP contribution in [0.25, 0.3) is 0 Å². The lowest BCUT2D eigenvalue weighted by molar-refractivity contribution is 0.0697. The fourth-order valence-corrected chi connectivity index (χ4v) is 2.67. The van der Waals surface area contributed by atoms with Crippen molar-refractivity contribution in [2.75, 3.05) is 20.2 Å². The maximum absolute atomic E-state index is 10.2. The number of aromatic nitrogens is 1. The number of carboxylic acid groups (broad SMARTS) is 1. The first-order valence-corrected chi connectivity index (χ1v) is 8.18. The van der Waals surface area contributed by atoms with Crippen LogP contribution in [-0.4, -0.2) is 41.2 Å². The van der Waals surface area contributed by atoms with Crippen LogP contribution < -0.4 is 4.74 Å². The SMILES string of the molecule is COc1ccncc1CN1CCCCC1.O=C(O)c1ccccc1. The third kappa shape index (κ3) is 5.66. The van der Waals surface area contributed by atoms with Crippen molar-refractivity contribution in [2.45, 2.75) is 25.8 Å². The Morgan fingerprint density at radius 1 is 1.17 bits per heavy atom. The Balaban J connectivity index is 0.000000198. The van der Waals surface area contributed by atoms with Gasteiger partial charge in [0.15, 0.2) is 0 Å². The molecule has 1 N–H and O–H groups in total. The van der Waals surface area contributed by atoms with Gasteiger partial charge in [-0.3, -0.25) is 9.88 Å². The summed E-state index contributed by atoms with van der Waals surface area (Å²) < 4.78 is 5.32. The van der Waals surface area contributed by atoms with Gasteiger partial charge < -0.3 is 9.84 Å². The molecule has 1 saturated heterocycles. The van der Waals surface area contributed by atoms with E-state index in [1.165, 1.54) is 37.9 Å². The Morgan fingerprint density at radius 2 is 1.88 bits per heavy atom. The van der Waals surface area contributed by atoms with E-state index in [1.807, 2.05) is 12.3 Å². The Bertz CT molecular complexity index is 626. The lowest BCUT2D eigenvalue weighted by atomic mass is 10.1. The molecule has 0 atom stereocenters. The number of ether oxygens (including phenoxy) is 1. The average molecular weight is 328 g/mol. The largest absolute Gasteiger partial charge is 0.496 e. The molecule has 5 nitrogen and oxygen atoms in total. The number of likely N-dealkylation sites (tertiary alicyclic amines) is 1. The molecule has 1 aromatic heterocycles. The maximum Gasteiger partial charge on any atom is 0.335 e. The number of carboxylic acids is 1. The third-order valence-electron chi connectivity index (χ3n) is 3.94. The van der Waals surface area contributed by atoms with E-state index in [2.05, 4.69) is 9.88 Å². The van der Waals surface area contributed by atoms with Crippen molar-refractivity contribution >= 4 is 5.97 Å². The molecule has 0 amide bonds. The van der Waals surface area contributed by atoms with Gasteiger partial charge in [-0.05, 0) is 44.1 Å². The lowest BCUT2D eigenvalue weighted by Gasteiger charge is -2.26. The second kappa shape index (κ2) is 9.67. The Labute approximate surface area is 142 Å². The number of nitrogens with zero attached hydrogens (tertiary/aromatic N) is 2. The summed E-state index contributed by atoms with van der Waals surface area (Å²) in [6.45, 7) is 3.38. The van der Waals surface area contributed by atoms with Crippen LogP contribution >= 0.6 is 0 Å². The predicted octanol–water partition coefficient (Wildman–Crippen LogP) is 3.46. The van der Waals surface area contributed by atoms with Crippen molar-refractivity contribution < 1.29 is 14.6 Å². The molecule has 5 heteroatoms. The number of hydrogen-bond donors (Lipinski definition) is 1. The molecule has 1 aliphatic heterocycles. The Hall–Kier alpha value is -2.40. The number of carbonyl (C=O) groups is 1. The first kappa shape index (κ1) is 17.9. The number of piperidine rings is 1. The fraction of sp³-hybridized carbons (Fsp3) is 0.368. The monoisotopic (exact) mass is 328 g/mol. The summed E-state index contributed by atoms with van der Waals surface area (Å²) in [5.41, 5.74) is 1.53. The van der Waals surface area contributed by atoms with E-state index in [4.69, 9.17) is 9.84 Å². The van der Waals surface area contributed by atoms with Crippen LogP contribution in [0.3, 0.4) is 0 Å².